The number of cyclic esters (lactones) is 1. The molecule has 0 amide bonds. The second-order valence-electron chi connectivity index (χ2n) is 4.31. The number of rotatable bonds is 0. The molecule has 2 heteroatoms. The van der Waals surface area contributed by atoms with Crippen molar-refractivity contribution in [1.82, 2.24) is 0 Å². The molecule has 2 atom stereocenters. The Hall–Kier alpha value is -0.530. The quantitative estimate of drug-likeness (QED) is 0.517. The minimum Gasteiger partial charge on any atom is -0.465 e. The zero-order chi connectivity index (χ0) is 8.77. The van der Waals surface area contributed by atoms with E-state index in [9.17, 15) is 4.79 Å². The Labute approximate surface area is 73.3 Å². The molecule has 0 bridgehead atoms. The number of carbonyl (C=O) groups excluding carboxylic acids is 1. The molecular formula is C10H16O2. The Bertz CT molecular complexity index is 200. The molecule has 0 aromatic heterocycles. The van der Waals surface area contributed by atoms with Crippen LogP contribution >= 0.6 is 0 Å². The molecule has 0 radical (unpaired) electrons. The van der Waals surface area contributed by atoms with Crippen molar-refractivity contribution in [2.75, 3.05) is 6.61 Å². The van der Waals surface area contributed by atoms with Crippen molar-refractivity contribution in [2.45, 2.75) is 33.1 Å². The van der Waals surface area contributed by atoms with E-state index in [2.05, 4.69) is 13.8 Å². The fourth-order valence-electron chi connectivity index (χ4n) is 2.95. The van der Waals surface area contributed by atoms with E-state index in [0.717, 1.165) is 6.42 Å². The minimum atomic E-state index is -0.0972. The summed E-state index contributed by atoms with van der Waals surface area (Å²) >= 11 is 0. The van der Waals surface area contributed by atoms with E-state index >= 15 is 0 Å². The molecule has 1 saturated carbocycles. The highest BCUT2D eigenvalue weighted by atomic mass is 16.5. The van der Waals surface area contributed by atoms with Gasteiger partial charge in [-0.1, -0.05) is 13.8 Å². The largest absolute Gasteiger partial charge is 0.465 e. The van der Waals surface area contributed by atoms with Crippen LogP contribution in [-0.4, -0.2) is 12.6 Å². The minimum absolute atomic E-state index is 0.0694. The number of hydrogen-bond donors (Lipinski definition) is 0. The van der Waals surface area contributed by atoms with Crippen molar-refractivity contribution in [3.8, 4) is 0 Å². The fraction of sp³-hybridized carbons (Fsp3) is 0.900. The zero-order valence-corrected chi connectivity index (χ0v) is 7.80. The SMILES string of the molecule is CC1CCC(C)C12CCOC2=O. The molecule has 1 spiro atoms. The highest BCUT2D eigenvalue weighted by Crippen LogP contribution is 2.53. The van der Waals surface area contributed by atoms with Gasteiger partial charge in [0.2, 0.25) is 0 Å². The van der Waals surface area contributed by atoms with Crippen LogP contribution in [0, 0.1) is 17.3 Å². The Kier molecular flexibility index (Phi) is 1.67. The first-order valence-electron chi connectivity index (χ1n) is 4.85. The van der Waals surface area contributed by atoms with Gasteiger partial charge in [0.05, 0.1) is 12.0 Å². The zero-order valence-electron chi connectivity index (χ0n) is 7.80. The first-order chi connectivity index (χ1) is 5.68. The second-order valence-corrected chi connectivity index (χ2v) is 4.31. The van der Waals surface area contributed by atoms with Crippen LogP contribution in [0.1, 0.15) is 33.1 Å². The first kappa shape index (κ1) is 8.09. The van der Waals surface area contributed by atoms with Crippen LogP contribution in [0.2, 0.25) is 0 Å². The lowest BCUT2D eigenvalue weighted by Gasteiger charge is -2.28. The predicted molar refractivity (Wildman–Crippen MR) is 45.6 cm³/mol. The molecule has 2 nitrogen and oxygen atoms in total. The van der Waals surface area contributed by atoms with Gasteiger partial charge in [-0.25, -0.2) is 0 Å². The van der Waals surface area contributed by atoms with Crippen LogP contribution in [0.3, 0.4) is 0 Å². The van der Waals surface area contributed by atoms with Gasteiger partial charge >= 0.3 is 5.97 Å². The maximum atomic E-state index is 11.6. The summed E-state index contributed by atoms with van der Waals surface area (Å²) < 4.78 is 5.09. The van der Waals surface area contributed by atoms with Gasteiger partial charge < -0.3 is 4.74 Å². The molecule has 1 heterocycles. The van der Waals surface area contributed by atoms with Crippen LogP contribution in [0.5, 0.6) is 0 Å². The molecule has 0 N–H and O–H groups in total. The van der Waals surface area contributed by atoms with E-state index in [4.69, 9.17) is 4.74 Å². The number of esters is 1. The maximum absolute atomic E-state index is 11.6. The van der Waals surface area contributed by atoms with Gasteiger partial charge in [0.15, 0.2) is 0 Å². The number of carbonyl (C=O) groups is 1. The lowest BCUT2D eigenvalue weighted by molar-refractivity contribution is -0.149. The van der Waals surface area contributed by atoms with E-state index in [1.807, 2.05) is 0 Å². The van der Waals surface area contributed by atoms with Gasteiger partial charge in [-0.3, -0.25) is 4.79 Å². The van der Waals surface area contributed by atoms with Crippen LogP contribution in [0.15, 0.2) is 0 Å². The summed E-state index contributed by atoms with van der Waals surface area (Å²) in [6.07, 6.45) is 3.33. The first-order valence-corrected chi connectivity index (χ1v) is 4.85. The highest BCUT2D eigenvalue weighted by Gasteiger charge is 2.55. The third-order valence-corrected chi connectivity index (χ3v) is 3.92. The van der Waals surface area contributed by atoms with Crippen LogP contribution in [0.25, 0.3) is 0 Å². The molecule has 2 aliphatic rings. The van der Waals surface area contributed by atoms with Gasteiger partial charge in [0.25, 0.3) is 0 Å². The fourth-order valence-corrected chi connectivity index (χ4v) is 2.95. The highest BCUT2D eigenvalue weighted by molar-refractivity contribution is 5.79. The molecule has 2 fully saturated rings. The Balaban J connectivity index is 2.32. The molecule has 0 aromatic rings. The van der Waals surface area contributed by atoms with Crippen molar-refractivity contribution >= 4 is 5.97 Å². The van der Waals surface area contributed by atoms with Gasteiger partial charge in [-0.05, 0) is 31.1 Å². The van der Waals surface area contributed by atoms with Gasteiger partial charge in [0.1, 0.15) is 0 Å². The Morgan fingerprint density at radius 3 is 2.33 bits per heavy atom. The van der Waals surface area contributed by atoms with E-state index in [-0.39, 0.29) is 11.4 Å². The summed E-state index contributed by atoms with van der Waals surface area (Å²) in [5, 5.41) is 0. The van der Waals surface area contributed by atoms with Gasteiger partial charge in [-0.15, -0.1) is 0 Å². The van der Waals surface area contributed by atoms with Crippen LogP contribution in [-0.2, 0) is 9.53 Å². The average molecular weight is 168 g/mol. The van der Waals surface area contributed by atoms with Crippen molar-refractivity contribution < 1.29 is 9.53 Å². The summed E-state index contributed by atoms with van der Waals surface area (Å²) in [6, 6.07) is 0. The monoisotopic (exact) mass is 168 g/mol. The van der Waals surface area contributed by atoms with E-state index < -0.39 is 0 Å². The van der Waals surface area contributed by atoms with Crippen molar-refractivity contribution in [3.05, 3.63) is 0 Å². The second kappa shape index (κ2) is 2.48. The Morgan fingerprint density at radius 1 is 1.33 bits per heavy atom. The number of ether oxygens (including phenoxy) is 1. The summed E-state index contributed by atoms with van der Waals surface area (Å²) in [6.45, 7) is 5.03. The predicted octanol–water partition coefficient (Wildman–Crippen LogP) is 1.99. The van der Waals surface area contributed by atoms with E-state index in [0.29, 0.717) is 18.4 Å². The standard InChI is InChI=1S/C10H16O2/c1-7-3-4-8(2)10(7)5-6-12-9(10)11/h7-8H,3-6H2,1-2H3. The lowest BCUT2D eigenvalue weighted by Crippen LogP contribution is -2.34. The summed E-state index contributed by atoms with van der Waals surface area (Å²) in [5.74, 6) is 1.13. The summed E-state index contributed by atoms with van der Waals surface area (Å²) in [4.78, 5) is 11.6. The molecule has 1 aliphatic heterocycles. The average Bonchev–Trinajstić information content (AvgIpc) is 2.53. The van der Waals surface area contributed by atoms with E-state index in [1.165, 1.54) is 12.8 Å². The van der Waals surface area contributed by atoms with Crippen LogP contribution in [0.4, 0.5) is 0 Å². The summed E-state index contributed by atoms with van der Waals surface area (Å²) in [5.41, 5.74) is -0.0972. The van der Waals surface area contributed by atoms with Crippen molar-refractivity contribution in [3.63, 3.8) is 0 Å². The lowest BCUT2D eigenvalue weighted by atomic mass is 9.72. The van der Waals surface area contributed by atoms with Crippen LogP contribution < -0.4 is 0 Å². The molecule has 1 saturated heterocycles. The smallest absolute Gasteiger partial charge is 0.312 e. The summed E-state index contributed by atoms with van der Waals surface area (Å²) in [7, 11) is 0. The Morgan fingerprint density at radius 2 is 1.92 bits per heavy atom. The molecular weight excluding hydrogens is 152 g/mol. The maximum Gasteiger partial charge on any atom is 0.312 e. The molecule has 2 unspecified atom stereocenters. The normalized spacial score (nSPS) is 47.0. The molecule has 68 valence electrons. The molecule has 12 heavy (non-hydrogen) atoms. The third-order valence-electron chi connectivity index (χ3n) is 3.92. The van der Waals surface area contributed by atoms with Gasteiger partial charge in [-0.2, -0.15) is 0 Å². The van der Waals surface area contributed by atoms with Gasteiger partial charge in [0, 0.05) is 0 Å². The molecule has 0 aromatic carbocycles. The topological polar surface area (TPSA) is 26.3 Å². The number of hydrogen-bond acceptors (Lipinski definition) is 2. The third kappa shape index (κ3) is 0.782. The van der Waals surface area contributed by atoms with Crippen molar-refractivity contribution in [2.24, 2.45) is 17.3 Å². The van der Waals surface area contributed by atoms with Crippen molar-refractivity contribution in [1.29, 1.82) is 0 Å². The molecule has 1 aliphatic carbocycles. The van der Waals surface area contributed by atoms with E-state index in [1.54, 1.807) is 0 Å². The molecule has 2 rings (SSSR count).